The zero-order chi connectivity index (χ0) is 11.2. The van der Waals surface area contributed by atoms with Gasteiger partial charge in [-0.1, -0.05) is 27.7 Å². The van der Waals surface area contributed by atoms with E-state index in [1.165, 1.54) is 0 Å². The molecule has 0 aromatic carbocycles. The van der Waals surface area contributed by atoms with Gasteiger partial charge in [-0.3, -0.25) is 9.59 Å². The van der Waals surface area contributed by atoms with Gasteiger partial charge in [0.2, 0.25) is 0 Å². The van der Waals surface area contributed by atoms with Crippen molar-refractivity contribution in [3.05, 3.63) is 0 Å². The van der Waals surface area contributed by atoms with E-state index in [0.29, 0.717) is 12.8 Å². The van der Waals surface area contributed by atoms with E-state index in [1.807, 2.05) is 27.7 Å². The molecule has 0 aliphatic carbocycles. The molecule has 1 fully saturated rings. The number of hydrogen-bond acceptors (Lipinski definition) is 3. The average Bonchev–Trinajstić information content (AvgIpc) is 2.19. The molecular weight excluding hydrogens is 180 g/mol. The van der Waals surface area contributed by atoms with E-state index in [1.54, 1.807) is 0 Å². The van der Waals surface area contributed by atoms with Gasteiger partial charge in [0.05, 0.1) is 12.8 Å². The second kappa shape index (κ2) is 5.78. The van der Waals surface area contributed by atoms with E-state index in [-0.39, 0.29) is 17.4 Å². The van der Waals surface area contributed by atoms with E-state index in [2.05, 4.69) is 4.74 Å². The Hall–Kier alpha value is -0.860. The van der Waals surface area contributed by atoms with Crippen molar-refractivity contribution in [2.45, 2.75) is 53.4 Å². The quantitative estimate of drug-likeness (QED) is 0.508. The Balaban J connectivity index is 0.000000791. The Labute approximate surface area is 85.8 Å². The molecule has 3 nitrogen and oxygen atoms in total. The minimum atomic E-state index is -0.366. The fourth-order valence-electron chi connectivity index (χ4n) is 1.62. The van der Waals surface area contributed by atoms with Crippen molar-refractivity contribution in [2.75, 3.05) is 0 Å². The molecule has 0 radical (unpaired) electrons. The molecule has 0 N–H and O–H groups in total. The average molecular weight is 200 g/mol. The van der Waals surface area contributed by atoms with Crippen LogP contribution in [0.1, 0.15) is 53.4 Å². The van der Waals surface area contributed by atoms with Crippen molar-refractivity contribution in [1.82, 2.24) is 0 Å². The first-order valence-electron chi connectivity index (χ1n) is 5.35. The van der Waals surface area contributed by atoms with Gasteiger partial charge >= 0.3 is 11.9 Å². The molecule has 0 atom stereocenters. The highest BCUT2D eigenvalue weighted by atomic mass is 16.6. The molecule has 0 saturated carbocycles. The highest BCUT2D eigenvalue weighted by Crippen LogP contribution is 2.37. The van der Waals surface area contributed by atoms with Crippen LogP contribution in [0.15, 0.2) is 0 Å². The topological polar surface area (TPSA) is 43.4 Å². The van der Waals surface area contributed by atoms with Crippen LogP contribution >= 0.6 is 0 Å². The van der Waals surface area contributed by atoms with Gasteiger partial charge < -0.3 is 4.74 Å². The summed E-state index contributed by atoms with van der Waals surface area (Å²) in [6.45, 7) is 8.02. The summed E-state index contributed by atoms with van der Waals surface area (Å²) in [5, 5.41) is 0. The second-order valence-corrected chi connectivity index (χ2v) is 3.41. The fourth-order valence-corrected chi connectivity index (χ4v) is 1.62. The van der Waals surface area contributed by atoms with Crippen LogP contribution in [0.4, 0.5) is 0 Å². The van der Waals surface area contributed by atoms with Gasteiger partial charge in [0.15, 0.2) is 0 Å². The number of cyclic esters (lactones) is 2. The van der Waals surface area contributed by atoms with Crippen molar-refractivity contribution in [3.63, 3.8) is 0 Å². The van der Waals surface area contributed by atoms with Gasteiger partial charge in [-0.2, -0.15) is 0 Å². The normalized spacial score (nSPS) is 19.4. The van der Waals surface area contributed by atoms with Gasteiger partial charge in [-0.25, -0.2) is 0 Å². The van der Waals surface area contributed by atoms with Crippen LogP contribution in [-0.4, -0.2) is 11.9 Å². The zero-order valence-corrected chi connectivity index (χ0v) is 9.55. The maximum atomic E-state index is 11.0. The number of hydrogen-bond donors (Lipinski definition) is 0. The summed E-state index contributed by atoms with van der Waals surface area (Å²) in [4.78, 5) is 21.9. The molecule has 1 rings (SSSR count). The first-order chi connectivity index (χ1) is 6.62. The summed E-state index contributed by atoms with van der Waals surface area (Å²) < 4.78 is 4.47. The maximum Gasteiger partial charge on any atom is 0.314 e. The molecule has 1 saturated heterocycles. The predicted octanol–water partition coefficient (Wildman–Crippen LogP) is 2.68. The molecule has 0 aromatic heterocycles. The van der Waals surface area contributed by atoms with Gasteiger partial charge in [-0.15, -0.1) is 0 Å². The summed E-state index contributed by atoms with van der Waals surface area (Å²) in [6.07, 6.45) is 2.52. The van der Waals surface area contributed by atoms with Crippen LogP contribution < -0.4 is 0 Å². The molecule has 1 aliphatic rings. The van der Waals surface area contributed by atoms with Gasteiger partial charge in [0.1, 0.15) is 0 Å². The van der Waals surface area contributed by atoms with Gasteiger partial charge in [-0.05, 0) is 18.3 Å². The standard InChI is InChI=1S/C9H14O3.C2H6/c1-3-9(4-2)5-7(10)12-8(11)6-9;1-2/h3-6H2,1-2H3;1-2H3. The number of esters is 2. The minimum Gasteiger partial charge on any atom is -0.393 e. The van der Waals surface area contributed by atoms with Crippen molar-refractivity contribution in [2.24, 2.45) is 5.41 Å². The summed E-state index contributed by atoms with van der Waals surface area (Å²) in [7, 11) is 0. The summed E-state index contributed by atoms with van der Waals surface area (Å²) in [5.74, 6) is -0.732. The number of rotatable bonds is 2. The lowest BCUT2D eigenvalue weighted by atomic mass is 9.75. The number of carbonyl (C=O) groups excluding carboxylic acids is 2. The molecule has 14 heavy (non-hydrogen) atoms. The predicted molar refractivity (Wildman–Crippen MR) is 54.7 cm³/mol. The molecule has 0 unspecified atom stereocenters. The van der Waals surface area contributed by atoms with E-state index in [0.717, 1.165) is 12.8 Å². The largest absolute Gasteiger partial charge is 0.393 e. The number of ether oxygens (including phenoxy) is 1. The first kappa shape index (κ1) is 13.1. The van der Waals surface area contributed by atoms with E-state index >= 15 is 0 Å². The lowest BCUT2D eigenvalue weighted by molar-refractivity contribution is -0.169. The second-order valence-electron chi connectivity index (χ2n) is 3.41. The van der Waals surface area contributed by atoms with Crippen LogP contribution in [0.2, 0.25) is 0 Å². The van der Waals surface area contributed by atoms with Crippen molar-refractivity contribution in [3.8, 4) is 0 Å². The van der Waals surface area contributed by atoms with Gasteiger partial charge in [0.25, 0.3) is 0 Å². The minimum absolute atomic E-state index is 0.119. The lowest BCUT2D eigenvalue weighted by Gasteiger charge is -2.32. The molecule has 3 heteroatoms. The zero-order valence-electron chi connectivity index (χ0n) is 9.55. The molecule has 0 bridgehead atoms. The van der Waals surface area contributed by atoms with Crippen LogP contribution in [0.5, 0.6) is 0 Å². The Morgan fingerprint density at radius 2 is 1.43 bits per heavy atom. The molecule has 0 aromatic rings. The van der Waals surface area contributed by atoms with Gasteiger partial charge in [0, 0.05) is 0 Å². The molecule has 82 valence electrons. The lowest BCUT2D eigenvalue weighted by Crippen LogP contribution is -2.34. The van der Waals surface area contributed by atoms with E-state index in [9.17, 15) is 9.59 Å². The summed E-state index contributed by atoms with van der Waals surface area (Å²) in [5.41, 5.74) is -0.119. The number of carbonyl (C=O) groups is 2. The summed E-state index contributed by atoms with van der Waals surface area (Å²) in [6, 6.07) is 0. The van der Waals surface area contributed by atoms with E-state index < -0.39 is 0 Å². The Kier molecular flexibility index (Phi) is 5.43. The van der Waals surface area contributed by atoms with Crippen molar-refractivity contribution in [1.29, 1.82) is 0 Å². The van der Waals surface area contributed by atoms with Crippen molar-refractivity contribution >= 4 is 11.9 Å². The Morgan fingerprint density at radius 3 is 1.71 bits per heavy atom. The third kappa shape index (κ3) is 3.13. The van der Waals surface area contributed by atoms with Crippen LogP contribution in [-0.2, 0) is 14.3 Å². The summed E-state index contributed by atoms with van der Waals surface area (Å²) >= 11 is 0. The SMILES string of the molecule is CC.CCC1(CC)CC(=O)OC(=O)C1. The molecule has 0 amide bonds. The molecule has 1 heterocycles. The molecule has 1 aliphatic heterocycles. The van der Waals surface area contributed by atoms with Crippen LogP contribution in [0, 0.1) is 5.41 Å². The highest BCUT2D eigenvalue weighted by molar-refractivity contribution is 5.89. The Bertz CT molecular complexity index is 187. The van der Waals surface area contributed by atoms with Crippen LogP contribution in [0.3, 0.4) is 0 Å². The molecule has 0 spiro atoms. The smallest absolute Gasteiger partial charge is 0.314 e. The highest BCUT2D eigenvalue weighted by Gasteiger charge is 2.38. The third-order valence-corrected chi connectivity index (χ3v) is 2.77. The molecular formula is C11H20O3. The van der Waals surface area contributed by atoms with E-state index in [4.69, 9.17) is 0 Å². The monoisotopic (exact) mass is 200 g/mol. The third-order valence-electron chi connectivity index (χ3n) is 2.77. The van der Waals surface area contributed by atoms with Crippen molar-refractivity contribution < 1.29 is 14.3 Å². The maximum absolute atomic E-state index is 11.0. The first-order valence-corrected chi connectivity index (χ1v) is 5.35. The fraction of sp³-hybridized carbons (Fsp3) is 0.818. The van der Waals surface area contributed by atoms with Crippen LogP contribution in [0.25, 0.3) is 0 Å². The Morgan fingerprint density at radius 1 is 1.07 bits per heavy atom.